The summed E-state index contributed by atoms with van der Waals surface area (Å²) >= 11 is -0.103. The minimum Gasteiger partial charge on any atom is -0.367 e. The maximum Gasteiger partial charge on any atom is 0.446 e. The van der Waals surface area contributed by atoms with E-state index in [0.29, 0.717) is 17.3 Å². The second-order valence-electron chi connectivity index (χ2n) is 5.34. The van der Waals surface area contributed by atoms with Crippen LogP contribution in [0.3, 0.4) is 0 Å². The molecule has 1 aliphatic rings. The van der Waals surface area contributed by atoms with E-state index < -0.39 is 5.51 Å². The summed E-state index contributed by atoms with van der Waals surface area (Å²) in [5, 5.41) is 11.0. The molecule has 2 aromatic rings. The average Bonchev–Trinajstić information content (AvgIpc) is 2.76. The van der Waals surface area contributed by atoms with Crippen LogP contribution in [0.5, 0.6) is 0 Å². The predicted molar refractivity (Wildman–Crippen MR) is 81.4 cm³/mol. The van der Waals surface area contributed by atoms with Gasteiger partial charge in [-0.1, -0.05) is 6.07 Å². The van der Waals surface area contributed by atoms with Gasteiger partial charge < -0.3 is 10.6 Å². The van der Waals surface area contributed by atoms with Crippen molar-refractivity contribution >= 4 is 23.1 Å². The van der Waals surface area contributed by atoms with Crippen LogP contribution in [0.15, 0.2) is 23.1 Å². The number of nitrogens with zero attached hydrogens (tertiary/aromatic N) is 2. The molecule has 1 fully saturated rings. The highest BCUT2D eigenvalue weighted by Gasteiger charge is 2.32. The minimum atomic E-state index is -4.31. The van der Waals surface area contributed by atoms with Crippen molar-refractivity contribution in [3.8, 4) is 0 Å². The first kappa shape index (κ1) is 15.5. The van der Waals surface area contributed by atoms with Gasteiger partial charge in [-0.3, -0.25) is 0 Å². The van der Waals surface area contributed by atoms with Gasteiger partial charge in [-0.15, -0.1) is 0 Å². The summed E-state index contributed by atoms with van der Waals surface area (Å²) in [7, 11) is 0. The van der Waals surface area contributed by atoms with Gasteiger partial charge in [0.25, 0.3) is 0 Å². The first-order valence-corrected chi connectivity index (χ1v) is 7.97. The van der Waals surface area contributed by atoms with Crippen molar-refractivity contribution in [1.82, 2.24) is 14.9 Å². The van der Waals surface area contributed by atoms with Gasteiger partial charge in [0.2, 0.25) is 0 Å². The Morgan fingerprint density at radius 2 is 2.05 bits per heavy atom. The molecule has 0 unspecified atom stereocenters. The molecule has 22 heavy (non-hydrogen) atoms. The Morgan fingerprint density at radius 3 is 2.73 bits per heavy atom. The lowest BCUT2D eigenvalue weighted by atomic mass is 10.1. The van der Waals surface area contributed by atoms with Crippen molar-refractivity contribution in [2.75, 3.05) is 18.4 Å². The van der Waals surface area contributed by atoms with Gasteiger partial charge in [0.05, 0.1) is 16.1 Å². The first-order chi connectivity index (χ1) is 10.4. The first-order valence-electron chi connectivity index (χ1n) is 7.15. The molecule has 1 saturated heterocycles. The Kier molecular flexibility index (Phi) is 4.22. The molecule has 0 radical (unpaired) electrons. The average molecular weight is 330 g/mol. The summed E-state index contributed by atoms with van der Waals surface area (Å²) in [6.45, 7) is 3.50. The normalized spacial score (nSPS) is 17.1. The van der Waals surface area contributed by atoms with Gasteiger partial charge in [-0.2, -0.15) is 18.3 Å². The van der Waals surface area contributed by atoms with E-state index in [9.17, 15) is 13.2 Å². The molecule has 8 heteroatoms. The van der Waals surface area contributed by atoms with Crippen molar-refractivity contribution in [2.24, 2.45) is 0 Å². The van der Waals surface area contributed by atoms with Crippen molar-refractivity contribution in [3.63, 3.8) is 0 Å². The highest BCUT2D eigenvalue weighted by Crippen LogP contribution is 2.41. The lowest BCUT2D eigenvalue weighted by molar-refractivity contribution is -0.0328. The monoisotopic (exact) mass is 330 g/mol. The Labute approximate surface area is 130 Å². The summed E-state index contributed by atoms with van der Waals surface area (Å²) in [6, 6.07) is 5.60. The molecule has 0 atom stereocenters. The fourth-order valence-corrected chi connectivity index (χ4v) is 3.37. The molecule has 0 amide bonds. The number of thioether (sulfide) groups is 1. The zero-order valence-corrected chi connectivity index (χ0v) is 12.9. The van der Waals surface area contributed by atoms with Crippen LogP contribution in [0.2, 0.25) is 0 Å². The van der Waals surface area contributed by atoms with E-state index in [1.165, 1.54) is 0 Å². The number of piperidine rings is 1. The molecule has 3 rings (SSSR count). The molecule has 0 bridgehead atoms. The van der Waals surface area contributed by atoms with E-state index in [2.05, 4.69) is 15.7 Å². The molecule has 0 spiro atoms. The molecular formula is C14H17F3N4S. The second kappa shape index (κ2) is 6.00. The van der Waals surface area contributed by atoms with Crippen LogP contribution < -0.4 is 10.6 Å². The van der Waals surface area contributed by atoms with E-state index in [1.807, 2.05) is 6.07 Å². The second-order valence-corrected chi connectivity index (χ2v) is 6.41. The number of alkyl halides is 3. The number of hydrogen-bond donors (Lipinski definition) is 2. The Bertz CT molecular complexity index is 662. The Hall–Kier alpha value is -1.41. The fourth-order valence-electron chi connectivity index (χ4n) is 2.69. The Balaban J connectivity index is 1.93. The molecule has 0 saturated carbocycles. The SMILES string of the molecule is Cc1nn2c(NC3CCNCC3)cccc2c1SC(F)(F)F. The van der Waals surface area contributed by atoms with Crippen molar-refractivity contribution < 1.29 is 13.2 Å². The molecule has 1 aliphatic heterocycles. The smallest absolute Gasteiger partial charge is 0.367 e. The molecule has 2 N–H and O–H groups in total. The number of fused-ring (bicyclic) bond motifs is 1. The number of halogens is 3. The van der Waals surface area contributed by atoms with Crippen molar-refractivity contribution in [1.29, 1.82) is 0 Å². The highest BCUT2D eigenvalue weighted by molar-refractivity contribution is 8.00. The minimum absolute atomic E-state index is 0.103. The van der Waals surface area contributed by atoms with Crippen LogP contribution in [0.25, 0.3) is 5.52 Å². The van der Waals surface area contributed by atoms with E-state index in [0.717, 1.165) is 31.7 Å². The lowest BCUT2D eigenvalue weighted by Gasteiger charge is -2.24. The molecular weight excluding hydrogens is 313 g/mol. The van der Waals surface area contributed by atoms with Crippen LogP contribution in [0, 0.1) is 6.92 Å². The quantitative estimate of drug-likeness (QED) is 0.846. The number of hydrogen-bond acceptors (Lipinski definition) is 4. The van der Waals surface area contributed by atoms with Gasteiger partial charge in [0.15, 0.2) is 0 Å². The number of aryl methyl sites for hydroxylation is 1. The largest absolute Gasteiger partial charge is 0.446 e. The van der Waals surface area contributed by atoms with Gasteiger partial charge in [0, 0.05) is 6.04 Å². The van der Waals surface area contributed by atoms with Crippen molar-refractivity contribution in [2.45, 2.75) is 36.2 Å². The Morgan fingerprint density at radius 1 is 1.32 bits per heavy atom. The molecule has 120 valence electrons. The molecule has 2 aromatic heterocycles. The zero-order valence-electron chi connectivity index (χ0n) is 12.1. The summed E-state index contributed by atoms with van der Waals surface area (Å²) in [4.78, 5) is 0.168. The third-order valence-electron chi connectivity index (χ3n) is 3.68. The van der Waals surface area contributed by atoms with E-state index in [-0.39, 0.29) is 16.7 Å². The molecule has 3 heterocycles. The summed E-state index contributed by atoms with van der Waals surface area (Å²) in [6.07, 6.45) is 1.97. The number of anilines is 1. The maximum atomic E-state index is 12.7. The van der Waals surface area contributed by atoms with Crippen LogP contribution >= 0.6 is 11.8 Å². The maximum absolute atomic E-state index is 12.7. The third kappa shape index (κ3) is 3.33. The number of nitrogens with one attached hydrogen (secondary N) is 2. The summed E-state index contributed by atoms with van der Waals surface area (Å²) < 4.78 is 39.7. The number of aromatic nitrogens is 2. The summed E-state index contributed by atoms with van der Waals surface area (Å²) in [5.41, 5.74) is -3.44. The van der Waals surface area contributed by atoms with Crippen LogP contribution in [-0.4, -0.2) is 34.3 Å². The molecule has 0 aliphatic carbocycles. The van der Waals surface area contributed by atoms with Gasteiger partial charge in [-0.05, 0) is 56.7 Å². The van der Waals surface area contributed by atoms with E-state index >= 15 is 0 Å². The van der Waals surface area contributed by atoms with Crippen LogP contribution in [-0.2, 0) is 0 Å². The standard InChI is InChI=1S/C14H17F3N4S/c1-9-13(22-14(15,16)17)11-3-2-4-12(21(11)20-9)19-10-5-7-18-8-6-10/h2-4,10,18-19H,5-8H2,1H3. The number of pyridine rings is 1. The van der Waals surface area contributed by atoms with Crippen molar-refractivity contribution in [3.05, 3.63) is 23.9 Å². The van der Waals surface area contributed by atoms with Crippen LogP contribution in [0.1, 0.15) is 18.5 Å². The lowest BCUT2D eigenvalue weighted by Crippen LogP contribution is -2.35. The summed E-state index contributed by atoms with van der Waals surface area (Å²) in [5.74, 6) is 0.738. The van der Waals surface area contributed by atoms with E-state index in [4.69, 9.17) is 0 Å². The predicted octanol–water partition coefficient (Wildman–Crippen LogP) is 3.42. The van der Waals surface area contributed by atoms with Gasteiger partial charge in [0.1, 0.15) is 5.82 Å². The van der Waals surface area contributed by atoms with E-state index in [1.54, 1.807) is 23.6 Å². The molecule has 0 aromatic carbocycles. The van der Waals surface area contributed by atoms with Gasteiger partial charge in [-0.25, -0.2) is 4.52 Å². The third-order valence-corrected chi connectivity index (χ3v) is 4.62. The van der Waals surface area contributed by atoms with Crippen LogP contribution in [0.4, 0.5) is 19.0 Å². The topological polar surface area (TPSA) is 41.4 Å². The highest BCUT2D eigenvalue weighted by atomic mass is 32.2. The zero-order chi connectivity index (χ0) is 15.7. The molecule has 4 nitrogen and oxygen atoms in total. The fraction of sp³-hybridized carbons (Fsp3) is 0.500. The number of rotatable bonds is 3. The van der Waals surface area contributed by atoms with Gasteiger partial charge >= 0.3 is 5.51 Å².